The number of ether oxygens (including phenoxy) is 2. The molecule has 224 valence electrons. The summed E-state index contributed by atoms with van der Waals surface area (Å²) in [5.74, 6) is 0.964. The Morgan fingerprint density at radius 2 is 0.927 bits per heavy atom. The van der Waals surface area contributed by atoms with E-state index >= 15 is 0 Å². The lowest BCUT2D eigenvalue weighted by Gasteiger charge is -2.15. The Hall–Kier alpha value is -2.58. The monoisotopic (exact) mass is 556 g/mol. The van der Waals surface area contributed by atoms with Crippen LogP contribution in [0.4, 0.5) is 0 Å². The summed E-state index contributed by atoms with van der Waals surface area (Å²) in [4.78, 5) is 0. The molecular formula is C39H56O2. The molecule has 1 unspecified atom stereocenters. The van der Waals surface area contributed by atoms with E-state index in [2.05, 4.69) is 93.6 Å². The summed E-state index contributed by atoms with van der Waals surface area (Å²) in [5.41, 5.74) is 6.19. The first-order valence-electron chi connectivity index (χ1n) is 16.8. The second-order valence-electron chi connectivity index (χ2n) is 11.6. The summed E-state index contributed by atoms with van der Waals surface area (Å²) in [6.07, 6.45) is 20.0. The Morgan fingerprint density at radius 3 is 1.46 bits per heavy atom. The van der Waals surface area contributed by atoms with E-state index in [4.69, 9.17) is 9.47 Å². The van der Waals surface area contributed by atoms with Crippen LogP contribution < -0.4 is 4.74 Å². The van der Waals surface area contributed by atoms with Crippen molar-refractivity contribution in [1.82, 2.24) is 0 Å². The molecule has 0 aliphatic heterocycles. The molecule has 0 aromatic heterocycles. The topological polar surface area (TPSA) is 18.5 Å². The van der Waals surface area contributed by atoms with Crippen molar-refractivity contribution in [3.8, 4) is 28.0 Å². The SMILES string of the molecule is CCCCCCCCCCCCCOc1ccc(-c2ccccc2-c2ccc(C(C)OCCCCCC)cc2)cc1. The average molecular weight is 557 g/mol. The van der Waals surface area contributed by atoms with Gasteiger partial charge >= 0.3 is 0 Å². The molecule has 0 radical (unpaired) electrons. The van der Waals surface area contributed by atoms with Crippen molar-refractivity contribution in [1.29, 1.82) is 0 Å². The lowest BCUT2D eigenvalue weighted by Crippen LogP contribution is -2.01. The van der Waals surface area contributed by atoms with Crippen molar-refractivity contribution in [2.24, 2.45) is 0 Å². The Morgan fingerprint density at radius 1 is 0.488 bits per heavy atom. The minimum absolute atomic E-state index is 0.124. The second kappa shape index (κ2) is 20.3. The molecule has 0 heterocycles. The zero-order chi connectivity index (χ0) is 29.0. The first-order chi connectivity index (χ1) is 20.2. The highest BCUT2D eigenvalue weighted by molar-refractivity contribution is 5.83. The van der Waals surface area contributed by atoms with Crippen molar-refractivity contribution in [3.63, 3.8) is 0 Å². The molecule has 0 fully saturated rings. The summed E-state index contributed by atoms with van der Waals surface area (Å²) >= 11 is 0. The van der Waals surface area contributed by atoms with Gasteiger partial charge in [-0.3, -0.25) is 0 Å². The van der Waals surface area contributed by atoms with Gasteiger partial charge in [-0.05, 0) is 59.7 Å². The van der Waals surface area contributed by atoms with E-state index in [0.717, 1.165) is 31.8 Å². The summed E-state index contributed by atoms with van der Waals surface area (Å²) in [6, 6.07) is 26.2. The number of rotatable bonds is 22. The highest BCUT2D eigenvalue weighted by atomic mass is 16.5. The molecule has 3 aromatic rings. The quantitative estimate of drug-likeness (QED) is 0.115. The van der Waals surface area contributed by atoms with Gasteiger partial charge in [-0.1, -0.05) is 158 Å². The number of benzene rings is 3. The largest absolute Gasteiger partial charge is 0.494 e. The van der Waals surface area contributed by atoms with E-state index in [1.807, 2.05) is 0 Å². The summed E-state index contributed by atoms with van der Waals surface area (Å²) in [7, 11) is 0. The Bertz CT molecular complexity index is 1050. The lowest BCUT2D eigenvalue weighted by molar-refractivity contribution is 0.0628. The van der Waals surface area contributed by atoms with E-state index < -0.39 is 0 Å². The van der Waals surface area contributed by atoms with Crippen LogP contribution in [-0.2, 0) is 4.74 Å². The molecular weight excluding hydrogens is 500 g/mol. The predicted octanol–water partition coefficient (Wildman–Crippen LogP) is 12.4. The summed E-state index contributed by atoms with van der Waals surface area (Å²) in [5, 5.41) is 0. The van der Waals surface area contributed by atoms with Gasteiger partial charge in [-0.15, -0.1) is 0 Å². The van der Waals surface area contributed by atoms with Crippen LogP contribution in [0.5, 0.6) is 5.75 Å². The molecule has 0 aliphatic carbocycles. The van der Waals surface area contributed by atoms with Crippen LogP contribution in [0.25, 0.3) is 22.3 Å². The van der Waals surface area contributed by atoms with Gasteiger partial charge in [0, 0.05) is 6.61 Å². The zero-order valence-corrected chi connectivity index (χ0v) is 26.3. The molecule has 0 amide bonds. The molecule has 0 N–H and O–H groups in total. The third kappa shape index (κ3) is 12.4. The molecule has 0 bridgehead atoms. The van der Waals surface area contributed by atoms with Gasteiger partial charge in [-0.2, -0.15) is 0 Å². The van der Waals surface area contributed by atoms with Crippen LogP contribution >= 0.6 is 0 Å². The third-order valence-corrected chi connectivity index (χ3v) is 8.17. The van der Waals surface area contributed by atoms with Crippen LogP contribution in [0.15, 0.2) is 72.8 Å². The maximum absolute atomic E-state index is 6.09. The van der Waals surface area contributed by atoms with Crippen molar-refractivity contribution < 1.29 is 9.47 Å². The molecule has 0 aliphatic rings. The Balaban J connectivity index is 1.42. The van der Waals surface area contributed by atoms with Gasteiger partial charge in [0.1, 0.15) is 5.75 Å². The Kier molecular flexibility index (Phi) is 16.3. The first-order valence-corrected chi connectivity index (χ1v) is 16.8. The van der Waals surface area contributed by atoms with Gasteiger partial charge in [-0.25, -0.2) is 0 Å². The molecule has 41 heavy (non-hydrogen) atoms. The van der Waals surface area contributed by atoms with E-state index in [1.165, 1.54) is 111 Å². The number of unbranched alkanes of at least 4 members (excludes halogenated alkanes) is 13. The molecule has 0 saturated heterocycles. The normalized spacial score (nSPS) is 12.0. The smallest absolute Gasteiger partial charge is 0.119 e. The summed E-state index contributed by atoms with van der Waals surface area (Å²) in [6.45, 7) is 8.33. The van der Waals surface area contributed by atoms with Crippen LogP contribution in [0.1, 0.15) is 129 Å². The maximum Gasteiger partial charge on any atom is 0.119 e. The van der Waals surface area contributed by atoms with Crippen LogP contribution in [0.3, 0.4) is 0 Å². The van der Waals surface area contributed by atoms with Gasteiger partial charge in [0.2, 0.25) is 0 Å². The van der Waals surface area contributed by atoms with Crippen molar-refractivity contribution >= 4 is 0 Å². The first kappa shape index (κ1) is 32.9. The van der Waals surface area contributed by atoms with E-state index in [1.54, 1.807) is 0 Å². The van der Waals surface area contributed by atoms with Crippen LogP contribution in [-0.4, -0.2) is 13.2 Å². The van der Waals surface area contributed by atoms with Gasteiger partial charge in [0.15, 0.2) is 0 Å². The molecule has 1 atom stereocenters. The van der Waals surface area contributed by atoms with Gasteiger partial charge < -0.3 is 9.47 Å². The van der Waals surface area contributed by atoms with Crippen molar-refractivity contribution in [2.75, 3.05) is 13.2 Å². The Labute approximate surface area is 251 Å². The summed E-state index contributed by atoms with van der Waals surface area (Å²) < 4.78 is 12.2. The molecule has 2 heteroatoms. The van der Waals surface area contributed by atoms with Crippen molar-refractivity contribution in [3.05, 3.63) is 78.4 Å². The molecule has 0 saturated carbocycles. The fourth-order valence-electron chi connectivity index (χ4n) is 5.49. The molecule has 3 aromatic carbocycles. The maximum atomic E-state index is 6.09. The minimum atomic E-state index is 0.124. The van der Waals surface area contributed by atoms with Gasteiger partial charge in [0.25, 0.3) is 0 Å². The van der Waals surface area contributed by atoms with E-state index in [-0.39, 0.29) is 6.10 Å². The lowest BCUT2D eigenvalue weighted by atomic mass is 9.94. The highest BCUT2D eigenvalue weighted by Crippen LogP contribution is 2.33. The standard InChI is InChI=1S/C39H56O2/c1-4-6-8-10-11-12-13-14-15-16-20-32-41-37-29-27-36(28-30-37)39-22-18-17-21-38(39)35-25-23-34(24-26-35)33(3)40-31-19-9-7-5-2/h17-18,21-30,33H,4-16,19-20,31-32H2,1-3H3. The molecule has 0 spiro atoms. The fraction of sp³-hybridized carbons (Fsp3) is 0.538. The van der Waals surface area contributed by atoms with Crippen LogP contribution in [0.2, 0.25) is 0 Å². The zero-order valence-electron chi connectivity index (χ0n) is 26.3. The van der Waals surface area contributed by atoms with E-state index in [0.29, 0.717) is 0 Å². The fourth-order valence-corrected chi connectivity index (χ4v) is 5.49. The highest BCUT2D eigenvalue weighted by Gasteiger charge is 2.10. The van der Waals surface area contributed by atoms with E-state index in [9.17, 15) is 0 Å². The third-order valence-electron chi connectivity index (χ3n) is 8.17. The molecule has 2 nitrogen and oxygen atoms in total. The number of hydrogen-bond acceptors (Lipinski definition) is 2. The van der Waals surface area contributed by atoms with Crippen molar-refractivity contribution in [2.45, 2.75) is 123 Å². The minimum Gasteiger partial charge on any atom is -0.494 e. The molecule has 3 rings (SSSR count). The van der Waals surface area contributed by atoms with Gasteiger partial charge in [0.05, 0.1) is 12.7 Å². The number of hydrogen-bond donors (Lipinski definition) is 0. The predicted molar refractivity (Wildman–Crippen MR) is 178 cm³/mol. The van der Waals surface area contributed by atoms with Crippen LogP contribution in [0, 0.1) is 0 Å². The second-order valence-corrected chi connectivity index (χ2v) is 11.6. The average Bonchev–Trinajstić information content (AvgIpc) is 3.02.